The molecule has 1 saturated heterocycles. The molecule has 3 heterocycles. The molecule has 2 aromatic rings. The highest BCUT2D eigenvalue weighted by molar-refractivity contribution is 5.40. The second-order valence-electron chi connectivity index (χ2n) is 5.35. The van der Waals surface area contributed by atoms with Gasteiger partial charge in [-0.2, -0.15) is 0 Å². The zero-order chi connectivity index (χ0) is 14.3. The minimum absolute atomic E-state index is 0.647. The van der Waals surface area contributed by atoms with Crippen LogP contribution in [0.1, 0.15) is 31.2 Å². The van der Waals surface area contributed by atoms with Gasteiger partial charge in [0.1, 0.15) is 5.82 Å². The Morgan fingerprint density at radius 2 is 1.71 bits per heavy atom. The SMILES string of the molecule is c1cnc(NCc2ccc(N3CCCCCC3)nc2)nc1. The normalized spacial score (nSPS) is 15.5. The van der Waals surface area contributed by atoms with Crippen LogP contribution in [-0.4, -0.2) is 28.0 Å². The lowest BCUT2D eigenvalue weighted by Crippen LogP contribution is -2.24. The summed E-state index contributed by atoms with van der Waals surface area (Å²) in [5.41, 5.74) is 1.14. The Hall–Kier alpha value is -2.17. The molecule has 110 valence electrons. The van der Waals surface area contributed by atoms with Crippen molar-refractivity contribution < 1.29 is 0 Å². The number of hydrogen-bond donors (Lipinski definition) is 1. The van der Waals surface area contributed by atoms with E-state index in [-0.39, 0.29) is 0 Å². The number of anilines is 2. The molecule has 21 heavy (non-hydrogen) atoms. The van der Waals surface area contributed by atoms with Crippen molar-refractivity contribution in [1.29, 1.82) is 0 Å². The molecule has 0 spiro atoms. The fraction of sp³-hybridized carbons (Fsp3) is 0.438. The third kappa shape index (κ3) is 3.90. The van der Waals surface area contributed by atoms with Gasteiger partial charge in [-0.15, -0.1) is 0 Å². The third-order valence-electron chi connectivity index (χ3n) is 3.76. The summed E-state index contributed by atoms with van der Waals surface area (Å²) in [6.07, 6.45) is 10.6. The molecule has 5 heteroatoms. The molecule has 0 amide bonds. The zero-order valence-corrected chi connectivity index (χ0v) is 12.2. The van der Waals surface area contributed by atoms with Crippen molar-refractivity contribution in [2.45, 2.75) is 32.2 Å². The minimum Gasteiger partial charge on any atom is -0.357 e. The van der Waals surface area contributed by atoms with Crippen LogP contribution in [0.25, 0.3) is 0 Å². The molecule has 2 aromatic heterocycles. The molecule has 1 aliphatic rings. The predicted octanol–water partition coefficient (Wildman–Crippen LogP) is 2.86. The van der Waals surface area contributed by atoms with Crippen LogP contribution in [0.4, 0.5) is 11.8 Å². The summed E-state index contributed by atoms with van der Waals surface area (Å²) in [5.74, 6) is 1.74. The van der Waals surface area contributed by atoms with E-state index in [1.165, 1.54) is 25.7 Å². The number of pyridine rings is 1. The molecule has 0 saturated carbocycles. The van der Waals surface area contributed by atoms with Gasteiger partial charge in [0.25, 0.3) is 0 Å². The lowest BCUT2D eigenvalue weighted by atomic mass is 10.2. The number of nitrogens with one attached hydrogen (secondary N) is 1. The van der Waals surface area contributed by atoms with E-state index in [1.807, 2.05) is 12.3 Å². The standard InChI is InChI=1S/C16H21N5/c1-2-4-11-21(10-3-1)15-7-6-14(12-19-15)13-20-16-17-8-5-9-18-16/h5-9,12H,1-4,10-11,13H2,(H,17,18,20). The van der Waals surface area contributed by atoms with E-state index in [2.05, 4.69) is 37.3 Å². The summed E-state index contributed by atoms with van der Waals surface area (Å²) in [7, 11) is 0. The average molecular weight is 283 g/mol. The highest BCUT2D eigenvalue weighted by Crippen LogP contribution is 2.17. The highest BCUT2D eigenvalue weighted by Gasteiger charge is 2.10. The summed E-state index contributed by atoms with van der Waals surface area (Å²) in [4.78, 5) is 15.3. The van der Waals surface area contributed by atoms with Crippen molar-refractivity contribution in [3.05, 3.63) is 42.4 Å². The summed E-state index contributed by atoms with van der Waals surface area (Å²) in [5, 5.41) is 3.19. The molecule has 0 atom stereocenters. The van der Waals surface area contributed by atoms with Crippen LogP contribution >= 0.6 is 0 Å². The summed E-state index contributed by atoms with van der Waals surface area (Å²) in [6.45, 7) is 2.95. The summed E-state index contributed by atoms with van der Waals surface area (Å²) < 4.78 is 0. The Bertz CT molecular complexity index is 532. The first-order valence-electron chi connectivity index (χ1n) is 7.62. The largest absolute Gasteiger partial charge is 0.357 e. The highest BCUT2D eigenvalue weighted by atomic mass is 15.2. The summed E-state index contributed by atoms with van der Waals surface area (Å²) in [6, 6.07) is 6.06. The third-order valence-corrected chi connectivity index (χ3v) is 3.76. The van der Waals surface area contributed by atoms with E-state index in [0.717, 1.165) is 24.5 Å². The van der Waals surface area contributed by atoms with E-state index in [9.17, 15) is 0 Å². The minimum atomic E-state index is 0.647. The first kappa shape index (κ1) is 13.8. The van der Waals surface area contributed by atoms with Gasteiger partial charge in [0.15, 0.2) is 0 Å². The molecule has 0 aliphatic carbocycles. The molecule has 1 fully saturated rings. The lowest BCUT2D eigenvalue weighted by molar-refractivity contribution is 0.726. The summed E-state index contributed by atoms with van der Waals surface area (Å²) >= 11 is 0. The van der Waals surface area contributed by atoms with Crippen LogP contribution in [0.3, 0.4) is 0 Å². The first-order chi connectivity index (χ1) is 10.4. The van der Waals surface area contributed by atoms with Crippen molar-refractivity contribution in [1.82, 2.24) is 15.0 Å². The van der Waals surface area contributed by atoms with Gasteiger partial charge in [-0.05, 0) is 30.5 Å². The molecule has 5 nitrogen and oxygen atoms in total. The van der Waals surface area contributed by atoms with Gasteiger partial charge in [-0.1, -0.05) is 18.9 Å². The van der Waals surface area contributed by atoms with Crippen LogP contribution in [0.2, 0.25) is 0 Å². The van der Waals surface area contributed by atoms with Crippen LogP contribution in [0.15, 0.2) is 36.8 Å². The van der Waals surface area contributed by atoms with Crippen LogP contribution in [0.5, 0.6) is 0 Å². The number of nitrogens with zero attached hydrogens (tertiary/aromatic N) is 4. The Kier molecular flexibility index (Phi) is 4.61. The van der Waals surface area contributed by atoms with E-state index < -0.39 is 0 Å². The second-order valence-corrected chi connectivity index (χ2v) is 5.35. The molecule has 0 radical (unpaired) electrons. The monoisotopic (exact) mass is 283 g/mol. The lowest BCUT2D eigenvalue weighted by Gasteiger charge is -2.21. The van der Waals surface area contributed by atoms with E-state index >= 15 is 0 Å². The quantitative estimate of drug-likeness (QED) is 0.935. The molecular formula is C16H21N5. The zero-order valence-electron chi connectivity index (χ0n) is 12.2. The van der Waals surface area contributed by atoms with Gasteiger partial charge < -0.3 is 10.2 Å². The molecule has 3 rings (SSSR count). The van der Waals surface area contributed by atoms with Crippen molar-refractivity contribution in [3.8, 4) is 0 Å². The van der Waals surface area contributed by atoms with Gasteiger partial charge in [-0.25, -0.2) is 15.0 Å². The molecule has 1 aliphatic heterocycles. The van der Waals surface area contributed by atoms with Gasteiger partial charge in [0.05, 0.1) is 0 Å². The maximum atomic E-state index is 4.60. The number of aromatic nitrogens is 3. The Labute approximate surface area is 125 Å². The fourth-order valence-corrected chi connectivity index (χ4v) is 2.58. The van der Waals surface area contributed by atoms with Gasteiger partial charge in [0, 0.05) is 38.2 Å². The van der Waals surface area contributed by atoms with E-state index in [4.69, 9.17) is 0 Å². The van der Waals surface area contributed by atoms with Crippen LogP contribution < -0.4 is 10.2 Å². The van der Waals surface area contributed by atoms with Gasteiger partial charge in [0.2, 0.25) is 5.95 Å². The van der Waals surface area contributed by atoms with E-state index in [0.29, 0.717) is 12.5 Å². The average Bonchev–Trinajstić information content (AvgIpc) is 2.84. The van der Waals surface area contributed by atoms with Crippen molar-refractivity contribution in [2.75, 3.05) is 23.3 Å². The van der Waals surface area contributed by atoms with Crippen molar-refractivity contribution in [2.24, 2.45) is 0 Å². The Balaban J connectivity index is 1.58. The maximum absolute atomic E-state index is 4.60. The fourth-order valence-electron chi connectivity index (χ4n) is 2.58. The Morgan fingerprint density at radius 3 is 2.38 bits per heavy atom. The molecule has 1 N–H and O–H groups in total. The molecule has 0 bridgehead atoms. The molecule has 0 unspecified atom stereocenters. The maximum Gasteiger partial charge on any atom is 0.222 e. The van der Waals surface area contributed by atoms with Crippen molar-refractivity contribution in [3.63, 3.8) is 0 Å². The van der Waals surface area contributed by atoms with Gasteiger partial charge >= 0.3 is 0 Å². The molecular weight excluding hydrogens is 262 g/mol. The smallest absolute Gasteiger partial charge is 0.222 e. The van der Waals surface area contributed by atoms with Crippen molar-refractivity contribution >= 4 is 11.8 Å². The number of hydrogen-bond acceptors (Lipinski definition) is 5. The van der Waals surface area contributed by atoms with E-state index in [1.54, 1.807) is 12.4 Å². The topological polar surface area (TPSA) is 53.9 Å². The van der Waals surface area contributed by atoms with Crippen LogP contribution in [0, 0.1) is 0 Å². The number of rotatable bonds is 4. The second kappa shape index (κ2) is 7.02. The first-order valence-corrected chi connectivity index (χ1v) is 7.62. The molecule has 0 aromatic carbocycles. The predicted molar refractivity (Wildman–Crippen MR) is 84.3 cm³/mol. The van der Waals surface area contributed by atoms with Crippen LogP contribution in [-0.2, 0) is 6.54 Å². The Morgan fingerprint density at radius 1 is 0.952 bits per heavy atom. The van der Waals surface area contributed by atoms with Gasteiger partial charge in [-0.3, -0.25) is 0 Å².